The Bertz CT molecular complexity index is 715. The minimum Gasteiger partial charge on any atom is -0.487 e. The van der Waals surface area contributed by atoms with Gasteiger partial charge in [0.05, 0.1) is 18.5 Å². The summed E-state index contributed by atoms with van der Waals surface area (Å²) in [4.78, 5) is 4.18. The van der Waals surface area contributed by atoms with Crippen molar-refractivity contribution in [1.82, 2.24) is 9.55 Å². The molecule has 3 rings (SSSR count). The topological polar surface area (TPSA) is 66.2 Å². The molecule has 5 heteroatoms. The quantitative estimate of drug-likeness (QED) is 0.774. The van der Waals surface area contributed by atoms with E-state index in [0.29, 0.717) is 18.9 Å². The number of hydrogen-bond acceptors (Lipinski definition) is 4. The van der Waals surface area contributed by atoms with Crippen molar-refractivity contribution in [3.63, 3.8) is 0 Å². The maximum absolute atomic E-state index is 5.89. The number of hydrogen-bond donors (Lipinski definition) is 1. The van der Waals surface area contributed by atoms with E-state index in [-0.39, 0.29) is 0 Å². The number of benzene rings is 1. The van der Waals surface area contributed by atoms with Crippen LogP contribution in [0.15, 0.2) is 41.1 Å². The van der Waals surface area contributed by atoms with Crippen molar-refractivity contribution < 1.29 is 9.15 Å². The average molecular weight is 271 g/mol. The Balaban J connectivity index is 1.78. The highest BCUT2D eigenvalue weighted by molar-refractivity contribution is 5.85. The summed E-state index contributed by atoms with van der Waals surface area (Å²) in [7, 11) is 0. The Morgan fingerprint density at radius 2 is 2.20 bits per heavy atom. The molecular weight excluding hydrogens is 254 g/mol. The van der Waals surface area contributed by atoms with Gasteiger partial charge in [0.1, 0.15) is 18.0 Å². The Morgan fingerprint density at radius 3 is 2.95 bits per heavy atom. The minimum absolute atomic E-state index is 0.327. The van der Waals surface area contributed by atoms with Gasteiger partial charge in [-0.2, -0.15) is 0 Å². The van der Waals surface area contributed by atoms with Crippen molar-refractivity contribution in [2.45, 2.75) is 20.0 Å². The Labute approximate surface area is 117 Å². The van der Waals surface area contributed by atoms with E-state index in [1.165, 1.54) is 0 Å². The van der Waals surface area contributed by atoms with Crippen molar-refractivity contribution in [3.05, 3.63) is 48.2 Å². The maximum Gasteiger partial charge on any atom is 0.169 e. The largest absolute Gasteiger partial charge is 0.487 e. The number of para-hydroxylation sites is 1. The van der Waals surface area contributed by atoms with Crippen molar-refractivity contribution in [2.24, 2.45) is 5.73 Å². The number of ether oxygens (including phenoxy) is 1. The van der Waals surface area contributed by atoms with Crippen molar-refractivity contribution in [3.8, 4) is 5.75 Å². The Hall–Kier alpha value is -2.27. The van der Waals surface area contributed by atoms with E-state index >= 15 is 0 Å². The fourth-order valence-electron chi connectivity index (χ4n) is 2.25. The van der Waals surface area contributed by atoms with E-state index < -0.39 is 0 Å². The van der Waals surface area contributed by atoms with Gasteiger partial charge in [-0.1, -0.05) is 12.1 Å². The van der Waals surface area contributed by atoms with Crippen molar-refractivity contribution in [1.29, 1.82) is 0 Å². The van der Waals surface area contributed by atoms with E-state index in [0.717, 1.165) is 29.1 Å². The molecule has 20 heavy (non-hydrogen) atoms. The standard InChI is InChI=1S/C15H17N3O2/c1-11-17-6-7-18(11)8-9-19-15-12-4-2-3-5-13(12)20-14(15)10-16/h2-7H,8-10,16H2,1H3. The van der Waals surface area contributed by atoms with Crippen LogP contribution in [-0.4, -0.2) is 16.2 Å². The number of aryl methyl sites for hydroxylation is 1. The highest BCUT2D eigenvalue weighted by atomic mass is 16.5. The maximum atomic E-state index is 5.89. The summed E-state index contributed by atoms with van der Waals surface area (Å²) < 4.78 is 13.6. The van der Waals surface area contributed by atoms with Gasteiger partial charge in [0.15, 0.2) is 11.5 Å². The highest BCUT2D eigenvalue weighted by Gasteiger charge is 2.13. The van der Waals surface area contributed by atoms with Crippen LogP contribution in [0.4, 0.5) is 0 Å². The van der Waals surface area contributed by atoms with Gasteiger partial charge in [-0.05, 0) is 19.1 Å². The lowest BCUT2D eigenvalue weighted by molar-refractivity contribution is 0.291. The molecule has 0 unspecified atom stereocenters. The van der Waals surface area contributed by atoms with E-state index in [9.17, 15) is 0 Å². The fraction of sp³-hybridized carbons (Fsp3) is 0.267. The third kappa shape index (κ3) is 2.28. The molecule has 0 fully saturated rings. The predicted octanol–water partition coefficient (Wildman–Crippen LogP) is 2.48. The number of nitrogens with zero attached hydrogens (tertiary/aromatic N) is 2. The van der Waals surface area contributed by atoms with E-state index in [1.807, 2.05) is 42.0 Å². The van der Waals surface area contributed by atoms with Crippen LogP contribution in [0, 0.1) is 6.92 Å². The summed E-state index contributed by atoms with van der Waals surface area (Å²) in [5.41, 5.74) is 6.52. The lowest BCUT2D eigenvalue weighted by atomic mass is 10.2. The number of imidazole rings is 1. The van der Waals surface area contributed by atoms with E-state index in [1.54, 1.807) is 6.20 Å². The minimum atomic E-state index is 0.327. The zero-order chi connectivity index (χ0) is 13.9. The first kappa shape index (κ1) is 12.7. The van der Waals surface area contributed by atoms with Gasteiger partial charge in [-0.25, -0.2) is 4.98 Å². The van der Waals surface area contributed by atoms with Crippen LogP contribution in [-0.2, 0) is 13.1 Å². The fourth-order valence-corrected chi connectivity index (χ4v) is 2.25. The molecule has 0 saturated carbocycles. The first-order chi connectivity index (χ1) is 9.79. The van der Waals surface area contributed by atoms with Gasteiger partial charge < -0.3 is 19.5 Å². The van der Waals surface area contributed by atoms with Crippen LogP contribution in [0.5, 0.6) is 5.75 Å². The number of fused-ring (bicyclic) bond motifs is 1. The third-order valence-corrected chi connectivity index (χ3v) is 3.31. The molecule has 3 aromatic rings. The van der Waals surface area contributed by atoms with Gasteiger partial charge in [0.25, 0.3) is 0 Å². The van der Waals surface area contributed by atoms with Crippen LogP contribution < -0.4 is 10.5 Å². The molecule has 0 aliphatic heterocycles. The molecule has 0 radical (unpaired) electrons. The lowest BCUT2D eigenvalue weighted by Gasteiger charge is -2.08. The van der Waals surface area contributed by atoms with Gasteiger partial charge in [0, 0.05) is 12.4 Å². The second-order valence-corrected chi connectivity index (χ2v) is 4.57. The number of rotatable bonds is 5. The molecule has 0 aliphatic rings. The molecular formula is C15H17N3O2. The zero-order valence-corrected chi connectivity index (χ0v) is 11.4. The smallest absolute Gasteiger partial charge is 0.169 e. The van der Waals surface area contributed by atoms with Gasteiger partial charge >= 0.3 is 0 Å². The molecule has 0 atom stereocenters. The van der Waals surface area contributed by atoms with Crippen molar-refractivity contribution >= 4 is 11.0 Å². The lowest BCUT2D eigenvalue weighted by Crippen LogP contribution is -2.09. The second-order valence-electron chi connectivity index (χ2n) is 4.57. The average Bonchev–Trinajstić information content (AvgIpc) is 3.03. The van der Waals surface area contributed by atoms with Crippen LogP contribution >= 0.6 is 0 Å². The summed E-state index contributed by atoms with van der Waals surface area (Å²) in [5, 5.41) is 0.968. The highest BCUT2D eigenvalue weighted by Crippen LogP contribution is 2.32. The molecule has 2 heterocycles. The number of nitrogens with two attached hydrogens (primary N) is 1. The molecule has 2 aromatic heterocycles. The molecule has 0 amide bonds. The zero-order valence-electron chi connectivity index (χ0n) is 11.4. The summed E-state index contributed by atoms with van der Waals surface area (Å²) in [6.45, 7) is 3.59. The Kier molecular flexibility index (Phi) is 3.43. The third-order valence-electron chi connectivity index (χ3n) is 3.31. The van der Waals surface area contributed by atoms with Crippen LogP contribution in [0.25, 0.3) is 11.0 Å². The number of furan rings is 1. The molecule has 0 bridgehead atoms. The summed E-state index contributed by atoms with van der Waals surface area (Å²) in [6, 6.07) is 7.80. The van der Waals surface area contributed by atoms with Crippen LogP contribution in [0.3, 0.4) is 0 Å². The predicted molar refractivity (Wildman–Crippen MR) is 76.6 cm³/mol. The molecule has 1 aromatic carbocycles. The van der Waals surface area contributed by atoms with Crippen LogP contribution in [0.1, 0.15) is 11.6 Å². The van der Waals surface area contributed by atoms with Crippen molar-refractivity contribution in [2.75, 3.05) is 6.61 Å². The molecule has 0 spiro atoms. The van der Waals surface area contributed by atoms with Gasteiger partial charge in [0.2, 0.25) is 0 Å². The summed E-state index contributed by atoms with van der Waals surface area (Å²) >= 11 is 0. The van der Waals surface area contributed by atoms with E-state index in [4.69, 9.17) is 14.9 Å². The van der Waals surface area contributed by atoms with Gasteiger partial charge in [-0.15, -0.1) is 0 Å². The molecule has 2 N–H and O–H groups in total. The van der Waals surface area contributed by atoms with Crippen LogP contribution in [0.2, 0.25) is 0 Å². The van der Waals surface area contributed by atoms with Gasteiger partial charge in [-0.3, -0.25) is 0 Å². The summed E-state index contributed by atoms with van der Waals surface area (Å²) in [6.07, 6.45) is 3.73. The first-order valence-corrected chi connectivity index (χ1v) is 6.60. The second kappa shape index (κ2) is 5.38. The molecule has 0 aliphatic carbocycles. The van der Waals surface area contributed by atoms with E-state index in [2.05, 4.69) is 4.98 Å². The Morgan fingerprint density at radius 1 is 1.35 bits per heavy atom. The number of aromatic nitrogens is 2. The normalized spacial score (nSPS) is 11.1. The monoisotopic (exact) mass is 271 g/mol. The SMILES string of the molecule is Cc1nccn1CCOc1c(CN)oc2ccccc12. The molecule has 5 nitrogen and oxygen atoms in total. The summed E-state index contributed by atoms with van der Waals surface area (Å²) in [5.74, 6) is 2.42. The first-order valence-electron chi connectivity index (χ1n) is 6.60. The molecule has 0 saturated heterocycles. The molecule has 104 valence electrons.